The fourth-order valence-corrected chi connectivity index (χ4v) is 4.39. The second-order valence-electron chi connectivity index (χ2n) is 6.73. The van der Waals surface area contributed by atoms with Gasteiger partial charge in [-0.15, -0.1) is 0 Å². The Morgan fingerprint density at radius 3 is 2.19 bits per heavy atom. The lowest BCUT2D eigenvalue weighted by molar-refractivity contribution is 0.0488. The maximum atomic E-state index is 12.7. The number of ether oxygens (including phenoxy) is 1. The van der Waals surface area contributed by atoms with Crippen LogP contribution in [-0.4, -0.2) is 43.6 Å². The zero-order valence-electron chi connectivity index (χ0n) is 15.5. The summed E-state index contributed by atoms with van der Waals surface area (Å²) in [4.78, 5) is 0.280. The van der Waals surface area contributed by atoms with Crippen molar-refractivity contribution >= 4 is 10.0 Å². The molecule has 0 radical (unpaired) electrons. The molecule has 27 heavy (non-hydrogen) atoms. The van der Waals surface area contributed by atoms with Gasteiger partial charge in [0.2, 0.25) is 10.0 Å². The van der Waals surface area contributed by atoms with E-state index in [9.17, 15) is 13.5 Å². The normalized spacial score (nSPS) is 17.0. The number of sulfonamides is 1. The van der Waals surface area contributed by atoms with Gasteiger partial charge in [-0.2, -0.15) is 4.31 Å². The van der Waals surface area contributed by atoms with Crippen LogP contribution in [0.15, 0.2) is 53.4 Å². The van der Waals surface area contributed by atoms with Gasteiger partial charge in [0.1, 0.15) is 11.4 Å². The van der Waals surface area contributed by atoms with Crippen LogP contribution in [0.1, 0.15) is 24.0 Å². The minimum Gasteiger partial charge on any atom is -0.497 e. The molecule has 0 amide bonds. The van der Waals surface area contributed by atoms with Crippen molar-refractivity contribution in [1.82, 2.24) is 4.31 Å². The van der Waals surface area contributed by atoms with Crippen LogP contribution >= 0.6 is 0 Å². The molecule has 0 bridgehead atoms. The fraction of sp³-hybridized carbons (Fsp3) is 0.333. The van der Waals surface area contributed by atoms with E-state index in [1.165, 1.54) is 4.31 Å². The molecule has 0 spiro atoms. The van der Waals surface area contributed by atoms with Gasteiger partial charge in [-0.3, -0.25) is 0 Å². The molecule has 3 rings (SSSR count). The van der Waals surface area contributed by atoms with Crippen molar-refractivity contribution in [3.05, 3.63) is 59.7 Å². The van der Waals surface area contributed by atoms with Gasteiger partial charge >= 0.3 is 0 Å². The second kappa shape index (κ2) is 7.73. The SMILES string of the molecule is COc1ccc(C#CC2(O)CCN(S(=O)(=O)c3ccc(C)cc3)CC2)cc1. The van der Waals surface area contributed by atoms with Crippen LogP contribution in [0.2, 0.25) is 0 Å². The predicted octanol–water partition coefficient (Wildman–Crippen LogP) is 2.57. The van der Waals surface area contributed by atoms with Crippen molar-refractivity contribution in [2.75, 3.05) is 20.2 Å². The summed E-state index contributed by atoms with van der Waals surface area (Å²) in [6.07, 6.45) is 0.558. The molecule has 142 valence electrons. The summed E-state index contributed by atoms with van der Waals surface area (Å²) >= 11 is 0. The molecule has 2 aromatic rings. The molecule has 0 atom stereocenters. The lowest BCUT2D eigenvalue weighted by atomic mass is 9.93. The molecule has 0 unspecified atom stereocenters. The standard InChI is InChI=1S/C21H23NO4S/c1-17-3-9-20(10-4-17)27(24,25)22-15-13-21(23,14-16-22)12-11-18-5-7-19(26-2)8-6-18/h3-10,23H,13-16H2,1-2H3. The first-order valence-corrected chi connectivity index (χ1v) is 10.2. The van der Waals surface area contributed by atoms with E-state index in [0.29, 0.717) is 0 Å². The van der Waals surface area contributed by atoms with E-state index < -0.39 is 15.6 Å². The largest absolute Gasteiger partial charge is 0.497 e. The number of aryl methyl sites for hydroxylation is 1. The van der Waals surface area contributed by atoms with Crippen LogP contribution in [0.25, 0.3) is 0 Å². The first kappa shape index (κ1) is 19.4. The Kier molecular flexibility index (Phi) is 5.56. The molecule has 1 N–H and O–H groups in total. The molecule has 1 aliphatic rings. The summed E-state index contributed by atoms with van der Waals surface area (Å²) in [6, 6.07) is 14.1. The van der Waals surface area contributed by atoms with E-state index in [1.54, 1.807) is 31.4 Å². The Hall–Kier alpha value is -2.33. The number of piperidine rings is 1. The van der Waals surface area contributed by atoms with E-state index >= 15 is 0 Å². The lowest BCUT2D eigenvalue weighted by Gasteiger charge is -2.34. The van der Waals surface area contributed by atoms with Crippen molar-refractivity contribution < 1.29 is 18.3 Å². The Morgan fingerprint density at radius 2 is 1.63 bits per heavy atom. The van der Waals surface area contributed by atoms with Crippen molar-refractivity contribution in [3.8, 4) is 17.6 Å². The van der Waals surface area contributed by atoms with Gasteiger partial charge in [0.05, 0.1) is 12.0 Å². The van der Waals surface area contributed by atoms with Crippen LogP contribution in [-0.2, 0) is 10.0 Å². The van der Waals surface area contributed by atoms with Gasteiger partial charge < -0.3 is 9.84 Å². The van der Waals surface area contributed by atoms with Crippen molar-refractivity contribution in [2.24, 2.45) is 0 Å². The summed E-state index contributed by atoms with van der Waals surface area (Å²) < 4.78 is 32.0. The van der Waals surface area contributed by atoms with E-state index in [4.69, 9.17) is 4.74 Å². The Balaban J connectivity index is 1.68. The molecule has 0 aliphatic carbocycles. The van der Waals surface area contributed by atoms with Crippen molar-refractivity contribution in [2.45, 2.75) is 30.3 Å². The van der Waals surface area contributed by atoms with Gasteiger partial charge in [-0.25, -0.2) is 8.42 Å². The second-order valence-corrected chi connectivity index (χ2v) is 8.67. The number of hydrogen-bond acceptors (Lipinski definition) is 4. The molecule has 0 aromatic heterocycles. The minimum absolute atomic E-state index is 0.240. The summed E-state index contributed by atoms with van der Waals surface area (Å²) in [5.41, 5.74) is 0.605. The average Bonchev–Trinajstić information content (AvgIpc) is 2.67. The first-order valence-electron chi connectivity index (χ1n) is 8.79. The predicted molar refractivity (Wildman–Crippen MR) is 104 cm³/mol. The van der Waals surface area contributed by atoms with Gasteiger partial charge in [0, 0.05) is 31.5 Å². The molecule has 6 heteroatoms. The van der Waals surface area contributed by atoms with Crippen LogP contribution in [0, 0.1) is 18.8 Å². The van der Waals surface area contributed by atoms with E-state index in [1.807, 2.05) is 31.2 Å². The Bertz CT molecular complexity index is 946. The highest BCUT2D eigenvalue weighted by Crippen LogP contribution is 2.26. The maximum Gasteiger partial charge on any atom is 0.243 e. The van der Waals surface area contributed by atoms with Gasteiger partial charge in [-0.05, 0) is 43.3 Å². The summed E-state index contributed by atoms with van der Waals surface area (Å²) in [5.74, 6) is 6.63. The van der Waals surface area contributed by atoms with Crippen LogP contribution < -0.4 is 4.74 Å². The topological polar surface area (TPSA) is 66.8 Å². The summed E-state index contributed by atoms with van der Waals surface area (Å²) in [6.45, 7) is 2.40. The maximum absolute atomic E-state index is 12.7. The zero-order valence-corrected chi connectivity index (χ0v) is 16.3. The number of nitrogens with zero attached hydrogens (tertiary/aromatic N) is 1. The third kappa shape index (κ3) is 4.51. The first-order chi connectivity index (χ1) is 12.8. The molecule has 1 aliphatic heterocycles. The zero-order chi connectivity index (χ0) is 19.5. The average molecular weight is 385 g/mol. The molecular formula is C21H23NO4S. The number of methoxy groups -OCH3 is 1. The lowest BCUT2D eigenvalue weighted by Crippen LogP contribution is -2.45. The van der Waals surface area contributed by atoms with Crippen molar-refractivity contribution in [3.63, 3.8) is 0 Å². The third-order valence-corrected chi connectivity index (χ3v) is 6.65. The van der Waals surface area contributed by atoms with Gasteiger partial charge in [-0.1, -0.05) is 29.5 Å². The summed E-state index contributed by atoms with van der Waals surface area (Å²) in [7, 11) is -1.94. The van der Waals surface area contributed by atoms with E-state index in [2.05, 4.69) is 11.8 Å². The molecule has 1 saturated heterocycles. The summed E-state index contributed by atoms with van der Waals surface area (Å²) in [5, 5.41) is 10.7. The van der Waals surface area contributed by atoms with E-state index in [0.717, 1.165) is 16.9 Å². The number of aliphatic hydroxyl groups is 1. The number of benzene rings is 2. The van der Waals surface area contributed by atoms with Crippen LogP contribution in [0.5, 0.6) is 5.75 Å². The number of rotatable bonds is 3. The Labute approximate surface area is 160 Å². The smallest absolute Gasteiger partial charge is 0.243 e. The number of hydrogen-bond donors (Lipinski definition) is 1. The van der Waals surface area contributed by atoms with E-state index in [-0.39, 0.29) is 30.8 Å². The quantitative estimate of drug-likeness (QED) is 0.825. The third-order valence-electron chi connectivity index (χ3n) is 4.74. The van der Waals surface area contributed by atoms with Gasteiger partial charge in [0.25, 0.3) is 0 Å². The Morgan fingerprint density at radius 1 is 1.04 bits per heavy atom. The molecule has 1 fully saturated rings. The highest BCUT2D eigenvalue weighted by molar-refractivity contribution is 7.89. The molecular weight excluding hydrogens is 362 g/mol. The molecule has 1 heterocycles. The van der Waals surface area contributed by atoms with Crippen molar-refractivity contribution in [1.29, 1.82) is 0 Å². The molecule has 2 aromatic carbocycles. The minimum atomic E-state index is -3.54. The van der Waals surface area contributed by atoms with Crippen LogP contribution in [0.4, 0.5) is 0 Å². The monoisotopic (exact) mass is 385 g/mol. The molecule has 5 nitrogen and oxygen atoms in total. The van der Waals surface area contributed by atoms with Crippen LogP contribution in [0.3, 0.4) is 0 Å². The van der Waals surface area contributed by atoms with Gasteiger partial charge in [0.15, 0.2) is 0 Å². The highest BCUT2D eigenvalue weighted by atomic mass is 32.2. The highest BCUT2D eigenvalue weighted by Gasteiger charge is 2.36. The molecule has 0 saturated carbocycles. The fourth-order valence-electron chi connectivity index (χ4n) is 2.94.